The van der Waals surface area contributed by atoms with Gasteiger partial charge in [0.2, 0.25) is 0 Å². The van der Waals surface area contributed by atoms with Crippen molar-refractivity contribution in [2.45, 2.75) is 13.3 Å². The monoisotopic (exact) mass is 320 g/mol. The molecule has 0 N–H and O–H groups in total. The molecule has 1 rings (SSSR count). The van der Waals surface area contributed by atoms with Gasteiger partial charge in [0.15, 0.2) is 0 Å². The third-order valence-corrected chi connectivity index (χ3v) is 3.67. The predicted octanol–water partition coefficient (Wildman–Crippen LogP) is 4.03. The Bertz CT molecular complexity index is 299. The van der Waals surface area contributed by atoms with Crippen molar-refractivity contribution in [3.05, 3.63) is 28.2 Å². The summed E-state index contributed by atoms with van der Waals surface area (Å²) in [5.74, 6) is 1.60. The predicted molar refractivity (Wildman–Crippen MR) is 67.4 cm³/mol. The van der Waals surface area contributed by atoms with Gasteiger partial charge < -0.3 is 4.74 Å². The number of methoxy groups -OCH3 is 1. The van der Waals surface area contributed by atoms with Crippen LogP contribution < -0.4 is 4.74 Å². The molecule has 14 heavy (non-hydrogen) atoms. The van der Waals surface area contributed by atoms with Crippen LogP contribution in [-0.2, 0) is 6.42 Å². The molecule has 0 saturated heterocycles. The summed E-state index contributed by atoms with van der Waals surface area (Å²) in [6.07, 6.45) is 1.04. The summed E-state index contributed by atoms with van der Waals surface area (Å²) < 4.78 is 6.42. The van der Waals surface area contributed by atoms with Gasteiger partial charge in [-0.3, -0.25) is 0 Å². The lowest BCUT2D eigenvalue weighted by atomic mass is 10.0. The molecule has 1 aromatic rings. The van der Waals surface area contributed by atoms with Crippen LogP contribution in [0.1, 0.15) is 12.5 Å². The Kier molecular flexibility index (Phi) is 4.96. The highest BCUT2D eigenvalue weighted by Crippen LogP contribution is 2.25. The smallest absolute Gasteiger partial charge is 0.122 e. The van der Waals surface area contributed by atoms with E-state index in [2.05, 4.69) is 44.8 Å². The van der Waals surface area contributed by atoms with Gasteiger partial charge in [0.25, 0.3) is 0 Å². The van der Waals surface area contributed by atoms with Crippen LogP contribution in [0.3, 0.4) is 0 Å². The minimum Gasteiger partial charge on any atom is -0.496 e. The summed E-state index contributed by atoms with van der Waals surface area (Å²) in [7, 11) is 1.71. The van der Waals surface area contributed by atoms with Crippen molar-refractivity contribution in [1.29, 1.82) is 0 Å². The van der Waals surface area contributed by atoms with Crippen molar-refractivity contribution < 1.29 is 4.74 Å². The molecule has 0 fully saturated rings. The maximum absolute atomic E-state index is 5.31. The molecule has 1 nitrogen and oxygen atoms in total. The normalized spacial score (nSPS) is 12.6. The van der Waals surface area contributed by atoms with E-state index in [4.69, 9.17) is 4.74 Å². The minimum absolute atomic E-state index is 0.623. The standard InChI is InChI=1S/C11H14Br2O/c1-8(7-12)5-9-6-10(13)3-4-11(9)14-2/h3-4,6,8H,5,7H2,1-2H3. The average molecular weight is 322 g/mol. The van der Waals surface area contributed by atoms with Crippen molar-refractivity contribution in [3.63, 3.8) is 0 Å². The SMILES string of the molecule is COc1ccc(Br)cc1CC(C)CBr. The first kappa shape index (κ1) is 12.1. The molecule has 0 bridgehead atoms. The molecule has 3 heteroatoms. The van der Waals surface area contributed by atoms with E-state index < -0.39 is 0 Å². The Hall–Kier alpha value is -0.0200. The van der Waals surface area contributed by atoms with E-state index in [0.717, 1.165) is 22.0 Å². The molecule has 1 unspecified atom stereocenters. The molecule has 1 aromatic carbocycles. The summed E-state index contributed by atoms with van der Waals surface area (Å²) in [5, 5.41) is 1.02. The summed E-state index contributed by atoms with van der Waals surface area (Å²) in [6, 6.07) is 6.12. The highest BCUT2D eigenvalue weighted by atomic mass is 79.9. The fourth-order valence-corrected chi connectivity index (χ4v) is 1.97. The third-order valence-electron chi connectivity index (χ3n) is 2.07. The van der Waals surface area contributed by atoms with E-state index in [0.29, 0.717) is 5.92 Å². The number of benzene rings is 1. The molecule has 0 aliphatic carbocycles. The molecule has 78 valence electrons. The highest BCUT2D eigenvalue weighted by Gasteiger charge is 2.07. The molecular weight excluding hydrogens is 308 g/mol. The summed E-state index contributed by atoms with van der Waals surface area (Å²) in [5.41, 5.74) is 1.26. The van der Waals surface area contributed by atoms with E-state index in [-0.39, 0.29) is 0 Å². The topological polar surface area (TPSA) is 9.23 Å². The summed E-state index contributed by atoms with van der Waals surface area (Å²) in [4.78, 5) is 0. The number of hydrogen-bond donors (Lipinski definition) is 0. The number of alkyl halides is 1. The fraction of sp³-hybridized carbons (Fsp3) is 0.455. The van der Waals surface area contributed by atoms with Gasteiger partial charge >= 0.3 is 0 Å². The molecular formula is C11H14Br2O. The van der Waals surface area contributed by atoms with Crippen molar-refractivity contribution in [3.8, 4) is 5.75 Å². The Morgan fingerprint density at radius 2 is 2.14 bits per heavy atom. The second-order valence-corrected chi connectivity index (χ2v) is 4.98. The molecule has 0 aromatic heterocycles. The number of halogens is 2. The maximum Gasteiger partial charge on any atom is 0.122 e. The lowest BCUT2D eigenvalue weighted by Gasteiger charge is -2.12. The molecule has 0 radical (unpaired) electrons. The average Bonchev–Trinajstić information content (AvgIpc) is 2.18. The van der Waals surface area contributed by atoms with E-state index in [1.165, 1.54) is 5.56 Å². The van der Waals surface area contributed by atoms with Gasteiger partial charge in [0.1, 0.15) is 5.75 Å². The molecule has 1 atom stereocenters. The first-order chi connectivity index (χ1) is 6.67. The van der Waals surface area contributed by atoms with Crippen LogP contribution in [0.5, 0.6) is 5.75 Å². The van der Waals surface area contributed by atoms with Crippen molar-refractivity contribution in [1.82, 2.24) is 0 Å². The zero-order chi connectivity index (χ0) is 10.6. The van der Waals surface area contributed by atoms with Gasteiger partial charge in [0.05, 0.1) is 7.11 Å². The molecule has 0 heterocycles. The summed E-state index contributed by atoms with van der Waals surface area (Å²) >= 11 is 6.95. The van der Waals surface area contributed by atoms with Gasteiger partial charge in [-0.15, -0.1) is 0 Å². The van der Waals surface area contributed by atoms with Crippen molar-refractivity contribution in [2.75, 3.05) is 12.4 Å². The minimum atomic E-state index is 0.623. The third kappa shape index (κ3) is 3.28. The van der Waals surface area contributed by atoms with Gasteiger partial charge in [-0.05, 0) is 36.1 Å². The zero-order valence-corrected chi connectivity index (χ0v) is 11.6. The lowest BCUT2D eigenvalue weighted by molar-refractivity contribution is 0.407. The second-order valence-electron chi connectivity index (χ2n) is 3.42. The van der Waals surface area contributed by atoms with Gasteiger partial charge in [-0.25, -0.2) is 0 Å². The van der Waals surface area contributed by atoms with Crippen LogP contribution in [-0.4, -0.2) is 12.4 Å². The summed E-state index contributed by atoms with van der Waals surface area (Å²) in [6.45, 7) is 2.22. The Balaban J connectivity index is 2.87. The maximum atomic E-state index is 5.31. The van der Waals surface area contributed by atoms with Crippen LogP contribution in [0.2, 0.25) is 0 Å². The van der Waals surface area contributed by atoms with Crippen molar-refractivity contribution in [2.24, 2.45) is 5.92 Å². The van der Waals surface area contributed by atoms with E-state index in [1.807, 2.05) is 12.1 Å². The Morgan fingerprint density at radius 3 is 2.71 bits per heavy atom. The molecule has 0 aliphatic rings. The first-order valence-corrected chi connectivity index (χ1v) is 6.47. The Labute approximate surface area is 102 Å². The fourth-order valence-electron chi connectivity index (χ4n) is 1.34. The van der Waals surface area contributed by atoms with Crippen LogP contribution >= 0.6 is 31.9 Å². The first-order valence-electron chi connectivity index (χ1n) is 4.55. The molecule has 0 amide bonds. The van der Waals surface area contributed by atoms with Gasteiger partial charge in [0, 0.05) is 9.80 Å². The number of rotatable bonds is 4. The van der Waals surface area contributed by atoms with Crippen LogP contribution in [0.15, 0.2) is 22.7 Å². The van der Waals surface area contributed by atoms with E-state index >= 15 is 0 Å². The quantitative estimate of drug-likeness (QED) is 0.761. The number of hydrogen-bond acceptors (Lipinski definition) is 1. The van der Waals surface area contributed by atoms with E-state index in [9.17, 15) is 0 Å². The Morgan fingerprint density at radius 1 is 1.43 bits per heavy atom. The van der Waals surface area contributed by atoms with E-state index in [1.54, 1.807) is 7.11 Å². The van der Waals surface area contributed by atoms with Crippen LogP contribution in [0.4, 0.5) is 0 Å². The highest BCUT2D eigenvalue weighted by molar-refractivity contribution is 9.10. The molecule has 0 spiro atoms. The largest absolute Gasteiger partial charge is 0.496 e. The van der Waals surface area contributed by atoms with Crippen LogP contribution in [0, 0.1) is 5.92 Å². The molecule has 0 aliphatic heterocycles. The second kappa shape index (κ2) is 5.76. The zero-order valence-electron chi connectivity index (χ0n) is 8.39. The lowest BCUT2D eigenvalue weighted by Crippen LogP contribution is -2.02. The van der Waals surface area contributed by atoms with Crippen LogP contribution in [0.25, 0.3) is 0 Å². The molecule has 0 saturated carbocycles. The van der Waals surface area contributed by atoms with Gasteiger partial charge in [-0.1, -0.05) is 38.8 Å². The van der Waals surface area contributed by atoms with Gasteiger partial charge in [-0.2, -0.15) is 0 Å². The number of ether oxygens (including phenoxy) is 1. The van der Waals surface area contributed by atoms with Crippen molar-refractivity contribution >= 4 is 31.9 Å².